The Morgan fingerprint density at radius 1 is 0.443 bits per heavy atom. The van der Waals surface area contributed by atoms with Crippen molar-refractivity contribution in [3.8, 4) is 33.8 Å². The van der Waals surface area contributed by atoms with E-state index in [9.17, 15) is 30.7 Å². The van der Waals surface area contributed by atoms with Crippen LogP contribution in [0.4, 0.5) is 39.5 Å². The number of unbranched alkanes of at least 4 members (excludes halogenated alkanes) is 4. The Kier molecular flexibility index (Phi) is 17.3. The van der Waals surface area contributed by atoms with Crippen LogP contribution in [0.1, 0.15) is 79.3 Å². The van der Waals surface area contributed by atoms with Gasteiger partial charge in [0, 0.05) is 21.9 Å². The predicted molar refractivity (Wildman–Crippen MR) is 261 cm³/mol. The molecule has 11 heteroatoms. The van der Waals surface area contributed by atoms with Gasteiger partial charge in [-0.3, -0.25) is 0 Å². The normalized spacial score (nSPS) is 11.5. The van der Waals surface area contributed by atoms with Gasteiger partial charge in [0.25, 0.3) is 0 Å². The fraction of sp³-hybridized carbons (Fsp3) is 0.254. The van der Waals surface area contributed by atoms with E-state index in [-0.39, 0.29) is 28.1 Å². The van der Waals surface area contributed by atoms with Crippen LogP contribution in [0.2, 0.25) is 0 Å². The molecule has 0 aliphatic carbocycles. The summed E-state index contributed by atoms with van der Waals surface area (Å²) in [5, 5.41) is 2.25. The Labute approximate surface area is 402 Å². The summed E-state index contributed by atoms with van der Waals surface area (Å²) in [6.07, 6.45) is 6.56. The SMILES string of the molecule is CCCCCCCc1ccc(CCc2ccc3c(F)c(-c4cc(F)c(OC(F)(F)F)c(F)c4)ccc3c2)cc1.CCc1ccc(CCc2ccc3c(F)c(-c4ccc(OC(F)F)cc4)ccc3c2)cc1. The van der Waals surface area contributed by atoms with Crippen molar-refractivity contribution in [2.75, 3.05) is 0 Å². The maximum Gasteiger partial charge on any atom is 0.573 e. The molecule has 0 aliphatic heterocycles. The Hall–Kier alpha value is -6.75. The summed E-state index contributed by atoms with van der Waals surface area (Å²) in [7, 11) is 0. The Balaban J connectivity index is 0.000000212. The average Bonchev–Trinajstić information content (AvgIpc) is 3.34. The lowest BCUT2D eigenvalue weighted by atomic mass is 9.96. The molecule has 364 valence electrons. The number of hydrogen-bond acceptors (Lipinski definition) is 2. The number of halogens is 9. The van der Waals surface area contributed by atoms with Crippen molar-refractivity contribution < 1.29 is 49.0 Å². The maximum atomic E-state index is 15.3. The lowest BCUT2D eigenvalue weighted by Gasteiger charge is -2.13. The summed E-state index contributed by atoms with van der Waals surface area (Å²) in [4.78, 5) is 0. The maximum absolute atomic E-state index is 15.3. The Morgan fingerprint density at radius 2 is 0.886 bits per heavy atom. The molecule has 0 bridgehead atoms. The highest BCUT2D eigenvalue weighted by molar-refractivity contribution is 5.90. The van der Waals surface area contributed by atoms with Gasteiger partial charge in [0.1, 0.15) is 17.4 Å². The molecule has 8 aromatic carbocycles. The van der Waals surface area contributed by atoms with Crippen molar-refractivity contribution in [1.29, 1.82) is 0 Å². The first-order valence-corrected chi connectivity index (χ1v) is 23.6. The molecule has 8 rings (SSSR count). The molecule has 0 unspecified atom stereocenters. The van der Waals surface area contributed by atoms with E-state index in [1.54, 1.807) is 36.4 Å². The third-order valence-electron chi connectivity index (χ3n) is 12.4. The van der Waals surface area contributed by atoms with Gasteiger partial charge >= 0.3 is 13.0 Å². The monoisotopic (exact) mass is 964 g/mol. The molecule has 0 spiro atoms. The number of alkyl halides is 5. The fourth-order valence-corrected chi connectivity index (χ4v) is 8.51. The molecule has 0 aliphatic rings. The van der Waals surface area contributed by atoms with Crippen molar-refractivity contribution in [2.24, 2.45) is 0 Å². The van der Waals surface area contributed by atoms with Gasteiger partial charge in [0.2, 0.25) is 5.75 Å². The van der Waals surface area contributed by atoms with Gasteiger partial charge in [-0.1, -0.05) is 161 Å². The van der Waals surface area contributed by atoms with Crippen LogP contribution in [0.25, 0.3) is 43.8 Å². The molecule has 0 amide bonds. The molecule has 2 nitrogen and oxygen atoms in total. The Bertz CT molecular complexity index is 2960. The van der Waals surface area contributed by atoms with Gasteiger partial charge in [-0.2, -0.15) is 8.78 Å². The van der Waals surface area contributed by atoms with Gasteiger partial charge < -0.3 is 9.47 Å². The molecule has 0 saturated carbocycles. The van der Waals surface area contributed by atoms with E-state index in [0.29, 0.717) is 34.0 Å². The lowest BCUT2D eigenvalue weighted by molar-refractivity contribution is -0.276. The first-order chi connectivity index (χ1) is 33.7. The molecule has 8 aromatic rings. The highest BCUT2D eigenvalue weighted by atomic mass is 19.4. The molecule has 0 aromatic heterocycles. The van der Waals surface area contributed by atoms with Crippen LogP contribution in [0.3, 0.4) is 0 Å². The summed E-state index contributed by atoms with van der Waals surface area (Å²) in [6.45, 7) is 1.47. The predicted octanol–water partition coefficient (Wildman–Crippen LogP) is 17.7. The van der Waals surface area contributed by atoms with Gasteiger partial charge in [-0.25, -0.2) is 17.6 Å². The van der Waals surface area contributed by atoms with Crippen molar-refractivity contribution in [1.82, 2.24) is 0 Å². The number of aryl methyl sites for hydroxylation is 6. The van der Waals surface area contributed by atoms with E-state index >= 15 is 8.78 Å². The second kappa shape index (κ2) is 23.7. The number of hydrogen-bond donors (Lipinski definition) is 0. The van der Waals surface area contributed by atoms with Gasteiger partial charge in [0.15, 0.2) is 11.6 Å². The lowest BCUT2D eigenvalue weighted by Crippen LogP contribution is -2.19. The largest absolute Gasteiger partial charge is 0.573 e. The van der Waals surface area contributed by atoms with Crippen LogP contribution >= 0.6 is 0 Å². The molecule has 0 atom stereocenters. The van der Waals surface area contributed by atoms with Crippen LogP contribution < -0.4 is 9.47 Å². The van der Waals surface area contributed by atoms with Crippen LogP contribution in [0.5, 0.6) is 11.5 Å². The summed E-state index contributed by atoms with van der Waals surface area (Å²) in [5.74, 6) is -5.70. The van der Waals surface area contributed by atoms with Gasteiger partial charge in [0.05, 0.1) is 0 Å². The highest BCUT2D eigenvalue weighted by Crippen LogP contribution is 2.36. The van der Waals surface area contributed by atoms with Crippen LogP contribution in [0.15, 0.2) is 146 Å². The molecule has 0 N–H and O–H groups in total. The van der Waals surface area contributed by atoms with Gasteiger partial charge in [-0.15, -0.1) is 13.2 Å². The topological polar surface area (TPSA) is 18.5 Å². The average molecular weight is 965 g/mol. The molecule has 0 radical (unpaired) electrons. The smallest absolute Gasteiger partial charge is 0.435 e. The van der Waals surface area contributed by atoms with Crippen molar-refractivity contribution in [3.63, 3.8) is 0 Å². The zero-order chi connectivity index (χ0) is 49.8. The standard InChI is InChI=1S/C32H30F6O.C27H23F3O/c1-2-3-4-5-6-7-21-8-10-22(11-9-21)12-13-23-14-16-26-24(18-23)15-17-27(30(26)35)25-19-28(33)31(29(34)20-25)39-32(36,37)38;1-2-18-3-5-19(6-4-18)7-8-20-9-15-25-22(17-20)12-16-24(26(25)28)21-10-13-23(14-11-21)31-27(29)30/h8-11,14-20H,2-7,12-13H2,1H3;3-6,9-17,27H,2,7-8H2,1H3. The zero-order valence-electron chi connectivity index (χ0n) is 38.9. The number of rotatable bonds is 18. The first-order valence-electron chi connectivity index (χ1n) is 23.6. The number of benzene rings is 8. The van der Waals surface area contributed by atoms with E-state index in [0.717, 1.165) is 55.0 Å². The summed E-state index contributed by atoms with van der Waals surface area (Å²) >= 11 is 0. The second-order valence-electron chi connectivity index (χ2n) is 17.3. The minimum Gasteiger partial charge on any atom is -0.435 e. The number of ether oxygens (including phenoxy) is 2. The van der Waals surface area contributed by atoms with Gasteiger partial charge in [-0.05, 0) is 124 Å². The first kappa shape index (κ1) is 51.1. The fourth-order valence-electron chi connectivity index (χ4n) is 8.51. The molecule has 0 fully saturated rings. The molecule has 0 saturated heterocycles. The Morgan fingerprint density at radius 3 is 1.36 bits per heavy atom. The minimum atomic E-state index is -5.26. The number of fused-ring (bicyclic) bond motifs is 2. The molecule has 0 heterocycles. The van der Waals surface area contributed by atoms with Crippen molar-refractivity contribution in [3.05, 3.63) is 202 Å². The second-order valence-corrected chi connectivity index (χ2v) is 17.3. The summed E-state index contributed by atoms with van der Waals surface area (Å²) in [5.41, 5.74) is 8.04. The summed E-state index contributed by atoms with van der Waals surface area (Å²) < 4.78 is 128. The third-order valence-corrected chi connectivity index (χ3v) is 12.4. The molecule has 70 heavy (non-hydrogen) atoms. The quantitative estimate of drug-likeness (QED) is 0.0630. The van der Waals surface area contributed by atoms with Crippen molar-refractivity contribution >= 4 is 21.5 Å². The van der Waals surface area contributed by atoms with E-state index in [1.165, 1.54) is 72.6 Å². The minimum absolute atomic E-state index is 0.0499. The van der Waals surface area contributed by atoms with Crippen LogP contribution in [-0.2, 0) is 38.5 Å². The molecular formula is C59H53F9O2. The highest BCUT2D eigenvalue weighted by Gasteiger charge is 2.34. The summed E-state index contributed by atoms with van der Waals surface area (Å²) in [6, 6.07) is 42.3. The zero-order valence-corrected chi connectivity index (χ0v) is 38.9. The van der Waals surface area contributed by atoms with E-state index in [2.05, 4.69) is 71.9 Å². The molecular weight excluding hydrogens is 912 g/mol. The third kappa shape index (κ3) is 13.7. The van der Waals surface area contributed by atoms with Crippen molar-refractivity contribution in [2.45, 2.75) is 97.5 Å². The van der Waals surface area contributed by atoms with E-state index in [1.807, 2.05) is 30.3 Å². The van der Waals surface area contributed by atoms with E-state index in [4.69, 9.17) is 0 Å². The van der Waals surface area contributed by atoms with E-state index < -0.39 is 36.2 Å². The van der Waals surface area contributed by atoms with Crippen LogP contribution in [0, 0.1) is 23.3 Å². The van der Waals surface area contributed by atoms with Crippen LogP contribution in [-0.4, -0.2) is 13.0 Å².